The quantitative estimate of drug-likeness (QED) is 0.149. The van der Waals surface area contributed by atoms with Crippen molar-refractivity contribution in [2.75, 3.05) is 7.11 Å². The molecule has 39 heavy (non-hydrogen) atoms. The Labute approximate surface area is 236 Å². The van der Waals surface area contributed by atoms with E-state index in [2.05, 4.69) is 18.2 Å². The molecule has 0 aliphatic heterocycles. The van der Waals surface area contributed by atoms with Gasteiger partial charge in [0.05, 0.1) is 7.11 Å². The molecular formula is C17H35F6N5O8OsS2. The van der Waals surface area contributed by atoms with Crippen LogP contribution in [0.3, 0.4) is 0 Å². The van der Waals surface area contributed by atoms with E-state index in [1.807, 2.05) is 6.08 Å². The van der Waals surface area contributed by atoms with Gasteiger partial charge < -0.3 is 49.4 Å². The van der Waals surface area contributed by atoms with E-state index in [-0.39, 0.29) is 61.7 Å². The fourth-order valence-corrected chi connectivity index (χ4v) is 2.73. The molecule has 0 bridgehead atoms. The van der Waals surface area contributed by atoms with Crippen molar-refractivity contribution >= 4 is 26.0 Å². The molecule has 2 aliphatic carbocycles. The number of carbonyl (C=O) groups excluding carboxylic acids is 1. The van der Waals surface area contributed by atoms with E-state index in [1.165, 1.54) is 12.0 Å². The molecule has 13 nitrogen and oxygen atoms in total. The third-order valence-corrected chi connectivity index (χ3v) is 5.49. The normalized spacial score (nSPS) is 17.5. The van der Waals surface area contributed by atoms with Crippen molar-refractivity contribution < 1.29 is 81.6 Å². The Hall–Kier alpha value is -1.47. The monoisotopic (exact) mass is 807 g/mol. The minimum atomic E-state index is -6.09. The Kier molecular flexibility index (Phi) is 28.1. The molecular weight excluding hydrogens is 771 g/mol. The van der Waals surface area contributed by atoms with Gasteiger partial charge in [0.1, 0.15) is 11.5 Å². The second-order valence-electron chi connectivity index (χ2n) is 6.79. The predicted octanol–water partition coefficient (Wildman–Crippen LogP) is 4.46. The molecule has 0 amide bonds. The SMILES string of the molecule is COC1=CC2=CCCCC2(CCC(C)=O)C=C1.N.N.N.N.N.O=S(=O)([O-])C(F)(F)F.O=S(=O)([O-])C(F)(F)F.[Os+2]. The van der Waals surface area contributed by atoms with Crippen LogP contribution in [0.15, 0.2) is 35.6 Å². The Morgan fingerprint density at radius 1 is 0.949 bits per heavy atom. The first-order valence-corrected chi connectivity index (χ1v) is 11.7. The van der Waals surface area contributed by atoms with E-state index in [0.29, 0.717) is 6.42 Å². The van der Waals surface area contributed by atoms with Gasteiger partial charge in [0.2, 0.25) is 0 Å². The Bertz CT molecular complexity index is 978. The summed E-state index contributed by atoms with van der Waals surface area (Å²) in [5.74, 6) is 1.19. The number of ketones is 1. The predicted molar refractivity (Wildman–Crippen MR) is 125 cm³/mol. The summed E-state index contributed by atoms with van der Waals surface area (Å²) >= 11 is 0. The van der Waals surface area contributed by atoms with Gasteiger partial charge in [0, 0.05) is 11.8 Å². The molecule has 0 heterocycles. The summed E-state index contributed by atoms with van der Waals surface area (Å²) in [5.41, 5.74) is -9.87. The van der Waals surface area contributed by atoms with Gasteiger partial charge in [-0.2, -0.15) is 26.3 Å². The van der Waals surface area contributed by atoms with Crippen molar-refractivity contribution in [1.82, 2.24) is 30.8 Å². The van der Waals surface area contributed by atoms with Crippen LogP contribution in [0, 0.1) is 5.41 Å². The zero-order valence-corrected chi connectivity index (χ0v) is 25.3. The minimum Gasteiger partial charge on any atom is -0.741 e. The Morgan fingerprint density at radius 3 is 1.64 bits per heavy atom. The molecule has 0 aromatic rings. The zero-order valence-electron chi connectivity index (χ0n) is 21.1. The first-order chi connectivity index (χ1) is 14.7. The number of Topliss-reactive ketones (excluding diaryl/α,β-unsaturated/α-hetero) is 1. The molecule has 15 N–H and O–H groups in total. The van der Waals surface area contributed by atoms with Crippen molar-refractivity contribution in [3.8, 4) is 0 Å². The minimum absolute atomic E-state index is 0. The van der Waals surface area contributed by atoms with Gasteiger partial charge in [-0.05, 0) is 50.3 Å². The van der Waals surface area contributed by atoms with E-state index in [4.69, 9.17) is 30.7 Å². The van der Waals surface area contributed by atoms with Gasteiger partial charge in [-0.15, -0.1) is 0 Å². The van der Waals surface area contributed by atoms with Crippen molar-refractivity contribution in [2.24, 2.45) is 5.41 Å². The summed E-state index contributed by atoms with van der Waals surface area (Å²) in [6.45, 7) is 1.67. The Morgan fingerprint density at radius 2 is 1.33 bits per heavy atom. The molecule has 2 rings (SSSR count). The molecule has 22 heteroatoms. The number of hydrogen-bond acceptors (Lipinski definition) is 13. The van der Waals surface area contributed by atoms with E-state index in [9.17, 15) is 31.1 Å². The van der Waals surface area contributed by atoms with Crippen LogP contribution in [0.5, 0.6) is 0 Å². The number of carbonyl (C=O) groups is 1. The fourth-order valence-electron chi connectivity index (χ4n) is 2.73. The summed E-state index contributed by atoms with van der Waals surface area (Å²) in [5, 5.41) is 0. The molecule has 0 radical (unpaired) electrons. The molecule has 1 unspecified atom stereocenters. The number of rotatable bonds is 4. The van der Waals surface area contributed by atoms with Gasteiger partial charge in [-0.1, -0.05) is 12.2 Å². The van der Waals surface area contributed by atoms with Crippen molar-refractivity contribution in [1.29, 1.82) is 0 Å². The number of hydrogen-bond donors (Lipinski definition) is 5. The molecule has 238 valence electrons. The van der Waals surface area contributed by atoms with Gasteiger partial charge in [0.15, 0.2) is 20.2 Å². The van der Waals surface area contributed by atoms with E-state index < -0.39 is 31.3 Å². The summed E-state index contributed by atoms with van der Waals surface area (Å²) in [6.07, 6.45) is 13.8. The number of allylic oxidation sites excluding steroid dienone is 5. The van der Waals surface area contributed by atoms with Gasteiger partial charge in [0.25, 0.3) is 0 Å². The van der Waals surface area contributed by atoms with Crippen LogP contribution in [0.4, 0.5) is 26.3 Å². The van der Waals surface area contributed by atoms with Crippen LogP contribution < -0.4 is 30.8 Å². The molecule has 0 spiro atoms. The second kappa shape index (κ2) is 20.4. The van der Waals surface area contributed by atoms with Crippen LogP contribution in [0.25, 0.3) is 0 Å². The second-order valence-corrected chi connectivity index (χ2v) is 9.54. The molecule has 0 fully saturated rings. The number of methoxy groups -OCH3 is 1. The standard InChI is InChI=1S/C15H20O2.2CHF3O3S.5H3N.Os/c1-12(16)6-9-15-8-4-3-5-13(15)11-14(17-2)7-10-15;2*2-1(3,4)8(5,6)7;;;;;;/h5,7,10-11H,3-4,6,8-9H2,1-2H3;2*(H,5,6,7);5*1H3;/q;;;;;;;;+2/p-2. The summed E-state index contributed by atoms with van der Waals surface area (Å²) in [6, 6.07) is 0. The number of fused-ring (bicyclic) bond motifs is 1. The summed E-state index contributed by atoms with van der Waals surface area (Å²) in [7, 11) is -10.5. The first-order valence-electron chi connectivity index (χ1n) is 8.85. The van der Waals surface area contributed by atoms with Crippen LogP contribution in [-0.4, -0.2) is 49.9 Å². The molecule has 0 saturated heterocycles. The molecule has 0 saturated carbocycles. The third kappa shape index (κ3) is 18.5. The molecule has 0 aromatic heterocycles. The number of halogens is 6. The average molecular weight is 806 g/mol. The van der Waals surface area contributed by atoms with Crippen LogP contribution in [0.1, 0.15) is 39.0 Å². The van der Waals surface area contributed by atoms with Gasteiger partial charge >= 0.3 is 30.8 Å². The zero-order chi connectivity index (χ0) is 26.3. The maximum atomic E-state index is 11.2. The topological polar surface area (TPSA) is 316 Å². The third-order valence-electron chi connectivity index (χ3n) is 4.36. The smallest absolute Gasteiger partial charge is 0.741 e. The number of ether oxygens (including phenoxy) is 1. The van der Waals surface area contributed by atoms with E-state index in [0.717, 1.165) is 25.0 Å². The maximum absolute atomic E-state index is 11.2. The molecule has 0 aromatic carbocycles. The maximum Gasteiger partial charge on any atom is 2.00 e. The van der Waals surface area contributed by atoms with Crippen molar-refractivity contribution in [3.05, 3.63) is 35.6 Å². The summed E-state index contributed by atoms with van der Waals surface area (Å²) < 4.78 is 123. The van der Waals surface area contributed by atoms with E-state index >= 15 is 0 Å². The summed E-state index contributed by atoms with van der Waals surface area (Å²) in [4.78, 5) is 11.2. The van der Waals surface area contributed by atoms with Crippen LogP contribution in [-0.2, 0) is 49.6 Å². The number of alkyl halides is 6. The van der Waals surface area contributed by atoms with Crippen molar-refractivity contribution in [3.63, 3.8) is 0 Å². The van der Waals surface area contributed by atoms with E-state index in [1.54, 1.807) is 14.0 Å². The Balaban J connectivity index is -0.0000000813. The average Bonchev–Trinajstić information content (AvgIpc) is 2.64. The van der Waals surface area contributed by atoms with Crippen LogP contribution in [0.2, 0.25) is 0 Å². The van der Waals surface area contributed by atoms with Gasteiger partial charge in [-0.3, -0.25) is 0 Å². The fraction of sp³-hybridized carbons (Fsp3) is 0.588. The first kappa shape index (κ1) is 53.7. The molecule has 2 aliphatic rings. The van der Waals surface area contributed by atoms with Gasteiger partial charge in [-0.25, -0.2) is 16.8 Å². The van der Waals surface area contributed by atoms with Crippen molar-refractivity contribution in [2.45, 2.75) is 50.0 Å². The largest absolute Gasteiger partial charge is 2.00 e. The molecule has 1 atom stereocenters. The van der Waals surface area contributed by atoms with Crippen LogP contribution >= 0.6 is 0 Å².